The molecule has 3 unspecified atom stereocenters. The molecule has 14 nitrogen and oxygen atoms in total. The molecule has 3 N–H and O–H groups in total. The molecule has 5 aromatic rings. The Labute approximate surface area is 381 Å². The Morgan fingerprint density at radius 1 is 0.955 bits per heavy atom. The molecule has 2 amide bonds. The maximum atomic E-state index is 15.2. The molecule has 20 heteroatoms. The molecule has 66 heavy (non-hydrogen) atoms. The number of amides is 2. The molecule has 10 rings (SSSR count). The first-order valence-corrected chi connectivity index (χ1v) is 23.0. The minimum atomic E-state index is -4.65. The Balaban J connectivity index is 0.800. The molecule has 2 aromatic carbocycles. The van der Waals surface area contributed by atoms with Gasteiger partial charge < -0.3 is 29.7 Å². The molecule has 3 aromatic heterocycles. The predicted octanol–water partition coefficient (Wildman–Crippen LogP) is 7.85. The molecule has 0 spiro atoms. The number of fused-ring (bicyclic) bond motifs is 4. The zero-order chi connectivity index (χ0) is 46.4. The SMILES string of the molecule is CC(C1CCN(c2ncc(Cl)c(Nc3ccc4c(c3)c3c(c(=O)n4C)OCC(F)(F)C(C4CC4)N3)n2)CC1)N1CCC(c2ccc3c(C4CCC(=O)NC4=O)nn(C)c3c2C(F)(F)F)CC1. The van der Waals surface area contributed by atoms with E-state index in [0.717, 1.165) is 12.8 Å². The van der Waals surface area contributed by atoms with Crippen LogP contribution in [0.4, 0.5) is 45.1 Å². The zero-order valence-corrected chi connectivity index (χ0v) is 37.4. The van der Waals surface area contributed by atoms with Gasteiger partial charge in [0.1, 0.15) is 5.02 Å². The van der Waals surface area contributed by atoms with E-state index in [4.69, 9.17) is 21.3 Å². The van der Waals surface area contributed by atoms with Crippen LogP contribution >= 0.6 is 11.6 Å². The van der Waals surface area contributed by atoms with Gasteiger partial charge in [-0.3, -0.25) is 24.4 Å². The highest BCUT2D eigenvalue weighted by Crippen LogP contribution is 2.47. The number of aromatic nitrogens is 5. The van der Waals surface area contributed by atoms with E-state index in [0.29, 0.717) is 86.1 Å². The second kappa shape index (κ2) is 16.6. The molecular formula is C46H50ClF5N10O4. The van der Waals surface area contributed by atoms with Gasteiger partial charge >= 0.3 is 12.1 Å². The summed E-state index contributed by atoms with van der Waals surface area (Å²) in [6.07, 6.45) is 1.34. The fourth-order valence-corrected chi connectivity index (χ4v) is 10.9. The Kier molecular flexibility index (Phi) is 11.2. The first-order chi connectivity index (χ1) is 31.5. The van der Waals surface area contributed by atoms with Gasteiger partial charge in [-0.25, -0.2) is 13.8 Å². The van der Waals surface area contributed by atoms with E-state index in [1.54, 1.807) is 37.4 Å². The third-order valence-corrected chi connectivity index (χ3v) is 14.9. The number of aryl methyl sites for hydroxylation is 2. The summed E-state index contributed by atoms with van der Waals surface area (Å²) in [7, 11) is 3.05. The van der Waals surface area contributed by atoms with E-state index in [2.05, 4.69) is 42.8 Å². The Morgan fingerprint density at radius 3 is 2.39 bits per heavy atom. The van der Waals surface area contributed by atoms with Crippen LogP contribution in [0.5, 0.6) is 5.75 Å². The van der Waals surface area contributed by atoms with Gasteiger partial charge in [-0.2, -0.15) is 23.3 Å². The summed E-state index contributed by atoms with van der Waals surface area (Å²) in [4.78, 5) is 51.5. The quantitative estimate of drug-likeness (QED) is 0.103. The monoisotopic (exact) mass is 936 g/mol. The summed E-state index contributed by atoms with van der Waals surface area (Å²) >= 11 is 6.63. The Hall–Kier alpha value is -5.56. The molecule has 0 bridgehead atoms. The molecule has 7 heterocycles. The normalized spacial score (nSPS) is 22.7. The molecule has 4 fully saturated rings. The van der Waals surface area contributed by atoms with Gasteiger partial charge in [0.15, 0.2) is 12.4 Å². The van der Waals surface area contributed by atoms with Crippen molar-refractivity contribution in [3.05, 3.63) is 68.7 Å². The van der Waals surface area contributed by atoms with Crippen LogP contribution in [0.2, 0.25) is 5.02 Å². The number of rotatable bonds is 8. The van der Waals surface area contributed by atoms with Crippen molar-refractivity contribution in [1.29, 1.82) is 0 Å². The molecule has 5 aliphatic rings. The molecular weight excluding hydrogens is 887 g/mol. The number of nitrogens with one attached hydrogen (secondary N) is 3. The number of alkyl halides is 5. The minimum absolute atomic E-state index is 0.0438. The number of anilines is 4. The highest BCUT2D eigenvalue weighted by molar-refractivity contribution is 6.33. The fraction of sp³-hybridized carbons (Fsp3) is 0.522. The van der Waals surface area contributed by atoms with Gasteiger partial charge in [0.2, 0.25) is 23.5 Å². The van der Waals surface area contributed by atoms with Crippen molar-refractivity contribution in [3.8, 4) is 5.75 Å². The highest BCUT2D eigenvalue weighted by Gasteiger charge is 2.51. The highest BCUT2D eigenvalue weighted by atomic mass is 35.5. The van der Waals surface area contributed by atoms with Crippen molar-refractivity contribution in [3.63, 3.8) is 0 Å². The number of benzene rings is 2. The fourth-order valence-electron chi connectivity index (χ4n) is 10.8. The van der Waals surface area contributed by atoms with Gasteiger partial charge in [-0.1, -0.05) is 23.7 Å². The topological polar surface area (TPSA) is 152 Å². The van der Waals surface area contributed by atoms with Crippen molar-refractivity contribution in [2.45, 2.75) is 94.3 Å². The average molecular weight is 937 g/mol. The molecule has 1 aliphatic carbocycles. The van der Waals surface area contributed by atoms with Crippen molar-refractivity contribution < 1.29 is 36.3 Å². The standard InChI is InChI=1S/C46H50ClF5N10O4/c1-23(61-16-14-25(15-17-61)28-7-8-29-36(30-9-11-34(63)55-42(30)64)58-60(3)38(29)35(28)46(50,51)52)24-12-18-62(19-13-24)44-53-21-32(47)41(57-44)54-27-6-10-33-31(20-27)37-39(43(65)59(33)2)66-22-45(48,49)40(56-37)26-4-5-26/h6-8,10,20-21,23-26,30,40,56H,4-5,9,11-19,22H2,1-3H3,(H,53,54,57)(H,55,63,64). The first-order valence-electron chi connectivity index (χ1n) is 22.6. The van der Waals surface area contributed by atoms with Crippen LogP contribution in [-0.4, -0.2) is 91.8 Å². The number of hydrogen-bond donors (Lipinski definition) is 3. The van der Waals surface area contributed by atoms with Crippen LogP contribution in [0.25, 0.3) is 21.8 Å². The third-order valence-electron chi connectivity index (χ3n) is 14.6. The van der Waals surface area contributed by atoms with Crippen molar-refractivity contribution in [2.24, 2.45) is 25.9 Å². The van der Waals surface area contributed by atoms with E-state index in [-0.39, 0.29) is 69.3 Å². The lowest BCUT2D eigenvalue weighted by atomic mass is 9.82. The number of piperidine rings is 3. The van der Waals surface area contributed by atoms with Crippen LogP contribution < -0.4 is 31.1 Å². The van der Waals surface area contributed by atoms with E-state index >= 15 is 8.78 Å². The summed E-state index contributed by atoms with van der Waals surface area (Å²) in [6.45, 7) is 3.97. The van der Waals surface area contributed by atoms with Gasteiger partial charge in [-0.15, -0.1) is 0 Å². The van der Waals surface area contributed by atoms with Crippen LogP contribution in [0.15, 0.2) is 41.3 Å². The average Bonchev–Trinajstić information content (AvgIpc) is 4.10. The number of imide groups is 1. The number of nitrogens with zero attached hydrogens (tertiary/aromatic N) is 7. The first kappa shape index (κ1) is 44.3. The summed E-state index contributed by atoms with van der Waals surface area (Å²) < 4.78 is 83.5. The third kappa shape index (κ3) is 7.98. The summed E-state index contributed by atoms with van der Waals surface area (Å²) in [6, 6.07) is 7.52. The van der Waals surface area contributed by atoms with Gasteiger partial charge in [-0.05, 0) is 106 Å². The largest absolute Gasteiger partial charge is 0.480 e. The summed E-state index contributed by atoms with van der Waals surface area (Å²) in [5.41, 5.74) is 0.584. The lowest BCUT2D eigenvalue weighted by molar-refractivity contribution is -0.137. The Morgan fingerprint density at radius 2 is 1.70 bits per heavy atom. The molecule has 1 saturated carbocycles. The summed E-state index contributed by atoms with van der Waals surface area (Å²) in [5.74, 6) is -4.40. The predicted molar refractivity (Wildman–Crippen MR) is 239 cm³/mol. The molecule has 350 valence electrons. The van der Waals surface area contributed by atoms with Crippen molar-refractivity contribution in [2.75, 3.05) is 48.3 Å². The van der Waals surface area contributed by atoms with E-state index in [1.165, 1.54) is 22.5 Å². The number of carbonyl (C=O) groups excluding carboxylic acids is 2. The van der Waals surface area contributed by atoms with Gasteiger partial charge in [0.05, 0.1) is 46.1 Å². The lowest BCUT2D eigenvalue weighted by Gasteiger charge is -2.42. The number of pyridine rings is 1. The van der Waals surface area contributed by atoms with E-state index in [9.17, 15) is 27.6 Å². The Bertz CT molecular complexity index is 2810. The number of halogens is 6. The number of hydrogen-bond acceptors (Lipinski definition) is 11. The molecule has 4 aliphatic heterocycles. The smallest absolute Gasteiger partial charge is 0.418 e. The van der Waals surface area contributed by atoms with Crippen LogP contribution in [-0.2, 0) is 29.9 Å². The molecule has 3 atom stereocenters. The van der Waals surface area contributed by atoms with E-state index < -0.39 is 53.6 Å². The van der Waals surface area contributed by atoms with Crippen molar-refractivity contribution in [1.82, 2.24) is 34.5 Å². The minimum Gasteiger partial charge on any atom is -0.480 e. The maximum absolute atomic E-state index is 15.2. The molecule has 3 saturated heterocycles. The number of likely N-dealkylation sites (tertiary alicyclic amines) is 1. The zero-order valence-electron chi connectivity index (χ0n) is 36.7. The van der Waals surface area contributed by atoms with Gasteiger partial charge in [0, 0.05) is 56.1 Å². The van der Waals surface area contributed by atoms with Crippen LogP contribution in [0.1, 0.15) is 86.9 Å². The number of carbonyl (C=O) groups is 2. The maximum Gasteiger partial charge on any atom is 0.418 e. The second-order valence-electron chi connectivity index (χ2n) is 18.6. The van der Waals surface area contributed by atoms with Crippen LogP contribution in [0.3, 0.4) is 0 Å². The van der Waals surface area contributed by atoms with Crippen molar-refractivity contribution >= 4 is 68.4 Å². The van der Waals surface area contributed by atoms with Crippen LogP contribution in [0, 0.1) is 11.8 Å². The summed E-state index contributed by atoms with van der Waals surface area (Å²) in [5, 5.41) is 14.1. The number of ether oxygens (including phenoxy) is 1. The van der Waals surface area contributed by atoms with Gasteiger partial charge in [0.25, 0.3) is 5.56 Å². The lowest BCUT2D eigenvalue weighted by Crippen LogP contribution is -2.47. The van der Waals surface area contributed by atoms with E-state index in [1.807, 2.05) is 0 Å². The second-order valence-corrected chi connectivity index (χ2v) is 19.0. The molecule has 0 radical (unpaired) electrons.